The molecule has 0 saturated heterocycles. The summed E-state index contributed by atoms with van der Waals surface area (Å²) in [4.78, 5) is 14.4. The first-order valence-electron chi connectivity index (χ1n) is 5.24. The van der Waals surface area contributed by atoms with Crippen molar-refractivity contribution in [1.29, 1.82) is 0 Å². The zero-order valence-electron chi connectivity index (χ0n) is 9.25. The van der Waals surface area contributed by atoms with Crippen LogP contribution in [0, 0.1) is 10.1 Å². The van der Waals surface area contributed by atoms with Gasteiger partial charge in [0.2, 0.25) is 0 Å². The van der Waals surface area contributed by atoms with Crippen LogP contribution in [0.2, 0.25) is 0 Å². The Kier molecular flexibility index (Phi) is 2.60. The Bertz CT molecular complexity index is 533. The molecule has 0 saturated carbocycles. The highest BCUT2D eigenvalue weighted by molar-refractivity contribution is 5.78. The van der Waals surface area contributed by atoms with Crippen molar-refractivity contribution in [3.8, 4) is 0 Å². The van der Waals surface area contributed by atoms with E-state index < -0.39 is 4.92 Å². The first-order valence-corrected chi connectivity index (χ1v) is 5.24. The molecule has 0 bridgehead atoms. The molecule has 1 heterocycles. The van der Waals surface area contributed by atoms with Crippen LogP contribution in [-0.4, -0.2) is 14.5 Å². The lowest BCUT2D eigenvalue weighted by Gasteiger charge is -2.10. The second-order valence-corrected chi connectivity index (χ2v) is 3.84. The molecule has 1 atom stereocenters. The van der Waals surface area contributed by atoms with Gasteiger partial charge in [-0.15, -0.1) is 0 Å². The van der Waals surface area contributed by atoms with Crippen LogP contribution in [0.15, 0.2) is 24.5 Å². The Hall–Kier alpha value is -1.91. The van der Waals surface area contributed by atoms with Crippen LogP contribution >= 0.6 is 0 Å². The van der Waals surface area contributed by atoms with Crippen molar-refractivity contribution in [3.63, 3.8) is 0 Å². The average Bonchev–Trinajstić information content (AvgIpc) is 2.70. The lowest BCUT2D eigenvalue weighted by Crippen LogP contribution is -2.01. The second-order valence-electron chi connectivity index (χ2n) is 3.84. The largest absolute Gasteiger partial charge is 0.328 e. The summed E-state index contributed by atoms with van der Waals surface area (Å²) in [5.74, 6) is 0. The zero-order valence-corrected chi connectivity index (χ0v) is 9.25. The molecule has 0 amide bonds. The predicted octanol–water partition coefficient (Wildman–Crippen LogP) is 2.92. The molecule has 1 aromatic carbocycles. The molecule has 2 rings (SSSR count). The topological polar surface area (TPSA) is 61.0 Å². The van der Waals surface area contributed by atoms with Gasteiger partial charge >= 0.3 is 0 Å². The number of nitro benzene ring substituents is 1. The second kappa shape index (κ2) is 3.92. The summed E-state index contributed by atoms with van der Waals surface area (Å²) in [6.07, 6.45) is 2.74. The van der Waals surface area contributed by atoms with E-state index in [-0.39, 0.29) is 5.69 Å². The van der Waals surface area contributed by atoms with E-state index >= 15 is 0 Å². The molecule has 0 aliphatic rings. The number of fused-ring (bicyclic) bond motifs is 1. The third kappa shape index (κ3) is 1.64. The molecule has 0 aliphatic heterocycles. The predicted molar refractivity (Wildman–Crippen MR) is 61.4 cm³/mol. The Labute approximate surface area is 92.9 Å². The van der Waals surface area contributed by atoms with E-state index in [4.69, 9.17) is 0 Å². The normalized spacial score (nSPS) is 12.9. The first kappa shape index (κ1) is 10.6. The van der Waals surface area contributed by atoms with Crippen LogP contribution in [0.25, 0.3) is 11.0 Å². The molecule has 0 radical (unpaired) electrons. The standard InChI is InChI=1S/C11H13N3O2/c1-3-8(2)13-7-12-10-6-9(14(15)16)4-5-11(10)13/h4-8H,3H2,1-2H3/t8-/m0/s1. The fourth-order valence-corrected chi connectivity index (χ4v) is 1.68. The Balaban J connectivity index is 2.54. The van der Waals surface area contributed by atoms with E-state index in [2.05, 4.69) is 18.8 Å². The molecule has 84 valence electrons. The number of nitro groups is 1. The van der Waals surface area contributed by atoms with Gasteiger partial charge in [-0.2, -0.15) is 0 Å². The van der Waals surface area contributed by atoms with Crippen LogP contribution in [0.4, 0.5) is 5.69 Å². The van der Waals surface area contributed by atoms with Gasteiger partial charge in [0.1, 0.15) is 0 Å². The van der Waals surface area contributed by atoms with Crippen molar-refractivity contribution in [1.82, 2.24) is 9.55 Å². The molecule has 1 aromatic heterocycles. The van der Waals surface area contributed by atoms with Crippen molar-refractivity contribution in [2.75, 3.05) is 0 Å². The van der Waals surface area contributed by atoms with E-state index in [1.54, 1.807) is 12.4 Å². The summed E-state index contributed by atoms with van der Waals surface area (Å²) in [5, 5.41) is 10.6. The molecule has 5 heteroatoms. The van der Waals surface area contributed by atoms with Gasteiger partial charge in [-0.25, -0.2) is 4.98 Å². The van der Waals surface area contributed by atoms with E-state index in [0.29, 0.717) is 11.6 Å². The lowest BCUT2D eigenvalue weighted by atomic mass is 10.2. The number of aromatic nitrogens is 2. The quantitative estimate of drug-likeness (QED) is 0.589. The third-order valence-electron chi connectivity index (χ3n) is 2.83. The van der Waals surface area contributed by atoms with Crippen LogP contribution in [0.5, 0.6) is 0 Å². The average molecular weight is 219 g/mol. The number of imidazole rings is 1. The third-order valence-corrected chi connectivity index (χ3v) is 2.83. The van der Waals surface area contributed by atoms with Gasteiger partial charge in [-0.3, -0.25) is 10.1 Å². The zero-order chi connectivity index (χ0) is 11.7. The first-order chi connectivity index (χ1) is 7.63. The Morgan fingerprint density at radius 3 is 2.94 bits per heavy atom. The van der Waals surface area contributed by atoms with Gasteiger partial charge in [0.05, 0.1) is 22.3 Å². The van der Waals surface area contributed by atoms with Crippen LogP contribution in [0.3, 0.4) is 0 Å². The van der Waals surface area contributed by atoms with Gasteiger partial charge in [-0.1, -0.05) is 6.92 Å². The summed E-state index contributed by atoms with van der Waals surface area (Å²) < 4.78 is 2.04. The Morgan fingerprint density at radius 2 is 2.31 bits per heavy atom. The molecule has 5 nitrogen and oxygen atoms in total. The van der Waals surface area contributed by atoms with E-state index in [0.717, 1.165) is 11.9 Å². The number of hydrogen-bond acceptors (Lipinski definition) is 3. The van der Waals surface area contributed by atoms with Crippen molar-refractivity contribution in [2.45, 2.75) is 26.3 Å². The summed E-state index contributed by atoms with van der Waals surface area (Å²) in [7, 11) is 0. The molecule has 2 aromatic rings. The number of nitrogens with zero attached hydrogens (tertiary/aromatic N) is 3. The maximum atomic E-state index is 10.6. The molecular weight excluding hydrogens is 206 g/mol. The van der Waals surface area contributed by atoms with Gasteiger partial charge in [0.25, 0.3) is 5.69 Å². The van der Waals surface area contributed by atoms with Crippen molar-refractivity contribution < 1.29 is 4.92 Å². The van der Waals surface area contributed by atoms with Gasteiger partial charge in [0.15, 0.2) is 0 Å². The molecule has 0 unspecified atom stereocenters. The molecule has 0 N–H and O–H groups in total. The highest BCUT2D eigenvalue weighted by Crippen LogP contribution is 2.23. The minimum atomic E-state index is -0.401. The van der Waals surface area contributed by atoms with Crippen LogP contribution in [0.1, 0.15) is 26.3 Å². The molecule has 0 spiro atoms. The maximum absolute atomic E-state index is 10.6. The molecule has 0 aliphatic carbocycles. The van der Waals surface area contributed by atoms with Gasteiger partial charge in [0, 0.05) is 18.2 Å². The molecular formula is C11H13N3O2. The van der Waals surface area contributed by atoms with Crippen molar-refractivity contribution >= 4 is 16.7 Å². The number of rotatable bonds is 3. The fraction of sp³-hybridized carbons (Fsp3) is 0.364. The monoisotopic (exact) mass is 219 g/mol. The molecule has 0 fully saturated rings. The van der Waals surface area contributed by atoms with Gasteiger partial charge in [-0.05, 0) is 19.4 Å². The smallest absolute Gasteiger partial charge is 0.271 e. The molecule has 16 heavy (non-hydrogen) atoms. The van der Waals surface area contributed by atoms with Crippen molar-refractivity contribution in [3.05, 3.63) is 34.6 Å². The van der Waals surface area contributed by atoms with Crippen LogP contribution in [-0.2, 0) is 0 Å². The summed E-state index contributed by atoms with van der Waals surface area (Å²) in [6, 6.07) is 5.13. The van der Waals surface area contributed by atoms with Gasteiger partial charge < -0.3 is 4.57 Å². The minimum absolute atomic E-state index is 0.0851. The van der Waals surface area contributed by atoms with E-state index in [9.17, 15) is 10.1 Å². The van der Waals surface area contributed by atoms with E-state index in [1.807, 2.05) is 4.57 Å². The minimum Gasteiger partial charge on any atom is -0.328 e. The SMILES string of the molecule is CC[C@H](C)n1cnc2cc([N+](=O)[O-])ccc21. The highest BCUT2D eigenvalue weighted by Gasteiger charge is 2.11. The van der Waals surface area contributed by atoms with Crippen LogP contribution < -0.4 is 0 Å². The maximum Gasteiger partial charge on any atom is 0.271 e. The fourth-order valence-electron chi connectivity index (χ4n) is 1.68. The Morgan fingerprint density at radius 1 is 1.56 bits per heavy atom. The number of benzene rings is 1. The highest BCUT2D eigenvalue weighted by atomic mass is 16.6. The summed E-state index contributed by atoms with van der Waals surface area (Å²) in [5.41, 5.74) is 1.70. The number of hydrogen-bond donors (Lipinski definition) is 0. The van der Waals surface area contributed by atoms with E-state index in [1.165, 1.54) is 12.1 Å². The lowest BCUT2D eigenvalue weighted by molar-refractivity contribution is -0.384. The van der Waals surface area contributed by atoms with Crippen molar-refractivity contribution in [2.24, 2.45) is 0 Å². The number of non-ortho nitro benzene ring substituents is 1. The summed E-state index contributed by atoms with van der Waals surface area (Å²) >= 11 is 0. The summed E-state index contributed by atoms with van der Waals surface area (Å²) in [6.45, 7) is 4.20.